The van der Waals surface area contributed by atoms with Gasteiger partial charge in [0, 0.05) is 36.1 Å². The third-order valence-corrected chi connectivity index (χ3v) is 3.95. The van der Waals surface area contributed by atoms with Crippen LogP contribution in [0.2, 0.25) is 0 Å². The van der Waals surface area contributed by atoms with Crippen LogP contribution in [-0.2, 0) is 0 Å². The molecular formula is C15H17N3O2. The van der Waals surface area contributed by atoms with Crippen LogP contribution in [0.25, 0.3) is 11.4 Å². The molecule has 5 heteroatoms. The van der Waals surface area contributed by atoms with Gasteiger partial charge in [-0.15, -0.1) is 0 Å². The van der Waals surface area contributed by atoms with Crippen LogP contribution in [0.15, 0.2) is 36.7 Å². The highest BCUT2D eigenvalue weighted by atomic mass is 16.6. The van der Waals surface area contributed by atoms with Crippen LogP contribution in [0.3, 0.4) is 0 Å². The molecule has 0 radical (unpaired) electrons. The maximum atomic E-state index is 10.9. The second kappa shape index (κ2) is 5.45. The Morgan fingerprint density at radius 3 is 2.80 bits per heavy atom. The van der Waals surface area contributed by atoms with E-state index >= 15 is 0 Å². The van der Waals surface area contributed by atoms with Gasteiger partial charge in [-0.2, -0.15) is 0 Å². The summed E-state index contributed by atoms with van der Waals surface area (Å²) in [5, 5.41) is 10.9. The third-order valence-electron chi connectivity index (χ3n) is 3.95. The van der Waals surface area contributed by atoms with Crippen molar-refractivity contribution in [3.05, 3.63) is 46.8 Å². The highest BCUT2D eigenvalue weighted by Crippen LogP contribution is 2.32. The summed E-state index contributed by atoms with van der Waals surface area (Å²) in [5.41, 5.74) is 0.926. The number of aromatic nitrogens is 2. The molecule has 1 heterocycles. The zero-order valence-corrected chi connectivity index (χ0v) is 11.2. The molecule has 0 bridgehead atoms. The van der Waals surface area contributed by atoms with E-state index in [9.17, 15) is 10.1 Å². The van der Waals surface area contributed by atoms with Gasteiger partial charge in [0.2, 0.25) is 0 Å². The number of nitro groups is 1. The molecule has 1 aromatic heterocycles. The molecule has 0 N–H and O–H groups in total. The van der Waals surface area contributed by atoms with Crippen LogP contribution in [0.4, 0.5) is 5.69 Å². The average Bonchev–Trinajstić information content (AvgIpc) is 2.98. The minimum Gasteiger partial charge on any atom is -0.328 e. The molecule has 1 aliphatic rings. The van der Waals surface area contributed by atoms with Crippen LogP contribution in [0.5, 0.6) is 0 Å². The molecule has 104 valence electrons. The third kappa shape index (κ3) is 2.43. The molecule has 1 fully saturated rings. The van der Waals surface area contributed by atoms with Gasteiger partial charge in [0.1, 0.15) is 5.82 Å². The Hall–Kier alpha value is -2.17. The fraction of sp³-hybridized carbons (Fsp3) is 0.400. The van der Waals surface area contributed by atoms with Crippen molar-refractivity contribution in [3.8, 4) is 11.4 Å². The summed E-state index contributed by atoms with van der Waals surface area (Å²) in [6.45, 7) is 0. The van der Waals surface area contributed by atoms with Crippen molar-refractivity contribution in [2.45, 2.75) is 38.1 Å². The maximum Gasteiger partial charge on any atom is 0.270 e. The summed E-state index contributed by atoms with van der Waals surface area (Å²) in [6.07, 6.45) is 9.90. The van der Waals surface area contributed by atoms with Crippen molar-refractivity contribution in [1.29, 1.82) is 0 Å². The Labute approximate surface area is 117 Å². The molecule has 0 unspecified atom stereocenters. The van der Waals surface area contributed by atoms with Crippen LogP contribution < -0.4 is 0 Å². The largest absolute Gasteiger partial charge is 0.328 e. The van der Waals surface area contributed by atoms with E-state index in [0.717, 1.165) is 24.2 Å². The maximum absolute atomic E-state index is 10.9. The molecular weight excluding hydrogens is 254 g/mol. The summed E-state index contributed by atoms with van der Waals surface area (Å²) in [6, 6.07) is 7.18. The fourth-order valence-corrected chi connectivity index (χ4v) is 2.95. The molecule has 0 aliphatic heterocycles. The lowest BCUT2D eigenvalue weighted by Crippen LogP contribution is -2.13. The molecule has 1 aliphatic carbocycles. The number of hydrogen-bond acceptors (Lipinski definition) is 3. The molecule has 3 rings (SSSR count). The Balaban J connectivity index is 1.96. The van der Waals surface area contributed by atoms with Crippen molar-refractivity contribution in [2.24, 2.45) is 0 Å². The van der Waals surface area contributed by atoms with Gasteiger partial charge < -0.3 is 4.57 Å². The average molecular weight is 271 g/mol. The lowest BCUT2D eigenvalue weighted by Gasteiger charge is -2.24. The Kier molecular flexibility index (Phi) is 3.50. The van der Waals surface area contributed by atoms with Gasteiger partial charge in [0.05, 0.1) is 4.92 Å². The highest BCUT2D eigenvalue weighted by molar-refractivity contribution is 5.59. The number of rotatable bonds is 3. The van der Waals surface area contributed by atoms with Crippen LogP contribution >= 0.6 is 0 Å². The van der Waals surface area contributed by atoms with Crippen molar-refractivity contribution >= 4 is 5.69 Å². The van der Waals surface area contributed by atoms with E-state index < -0.39 is 0 Å². The van der Waals surface area contributed by atoms with Crippen molar-refractivity contribution < 1.29 is 4.92 Å². The van der Waals surface area contributed by atoms with E-state index in [1.165, 1.54) is 25.3 Å². The summed E-state index contributed by atoms with van der Waals surface area (Å²) in [5.74, 6) is 0.834. The van der Waals surface area contributed by atoms with Gasteiger partial charge in [-0.3, -0.25) is 10.1 Å². The lowest BCUT2D eigenvalue weighted by molar-refractivity contribution is -0.384. The molecule has 1 saturated carbocycles. The topological polar surface area (TPSA) is 61.0 Å². The van der Waals surface area contributed by atoms with Crippen LogP contribution in [-0.4, -0.2) is 14.5 Å². The smallest absolute Gasteiger partial charge is 0.270 e. The molecule has 5 nitrogen and oxygen atoms in total. The van der Waals surface area contributed by atoms with Gasteiger partial charge in [-0.1, -0.05) is 31.4 Å². The van der Waals surface area contributed by atoms with E-state index in [1.807, 2.05) is 12.3 Å². The summed E-state index contributed by atoms with van der Waals surface area (Å²) in [7, 11) is 0. The number of benzene rings is 1. The predicted molar refractivity (Wildman–Crippen MR) is 76.4 cm³/mol. The zero-order valence-electron chi connectivity index (χ0n) is 11.2. The predicted octanol–water partition coefficient (Wildman–Crippen LogP) is 3.96. The summed E-state index contributed by atoms with van der Waals surface area (Å²) < 4.78 is 2.18. The molecule has 1 aromatic carbocycles. The molecule has 0 saturated heterocycles. The second-order valence-corrected chi connectivity index (χ2v) is 5.26. The number of nitrogens with zero attached hydrogens (tertiary/aromatic N) is 3. The Morgan fingerprint density at radius 2 is 2.05 bits per heavy atom. The van der Waals surface area contributed by atoms with E-state index in [2.05, 4.69) is 9.55 Å². The normalized spacial score (nSPS) is 16.2. The zero-order chi connectivity index (χ0) is 13.9. The molecule has 0 amide bonds. The van der Waals surface area contributed by atoms with Crippen LogP contribution in [0, 0.1) is 10.1 Å². The number of imidazole rings is 1. The fourth-order valence-electron chi connectivity index (χ4n) is 2.95. The first-order valence-electron chi connectivity index (χ1n) is 7.03. The molecule has 20 heavy (non-hydrogen) atoms. The molecule has 0 spiro atoms. The second-order valence-electron chi connectivity index (χ2n) is 5.26. The van der Waals surface area contributed by atoms with E-state index in [4.69, 9.17) is 0 Å². The number of hydrogen-bond donors (Lipinski definition) is 0. The van der Waals surface area contributed by atoms with E-state index in [0.29, 0.717) is 6.04 Å². The monoisotopic (exact) mass is 271 g/mol. The van der Waals surface area contributed by atoms with E-state index in [-0.39, 0.29) is 10.6 Å². The van der Waals surface area contributed by atoms with Crippen LogP contribution in [0.1, 0.15) is 38.1 Å². The molecule has 2 aromatic rings. The first-order valence-corrected chi connectivity index (χ1v) is 7.03. The Bertz CT molecular complexity index is 615. The first-order chi connectivity index (χ1) is 9.75. The standard InChI is InChI=1S/C15H17N3O2/c19-18(20)14-8-4-5-12(11-14)15-16-9-10-17(15)13-6-2-1-3-7-13/h4-5,8-11,13H,1-3,6-7H2. The van der Waals surface area contributed by atoms with Gasteiger partial charge in [-0.25, -0.2) is 4.98 Å². The Morgan fingerprint density at radius 1 is 1.25 bits per heavy atom. The van der Waals surface area contributed by atoms with Crippen molar-refractivity contribution in [1.82, 2.24) is 9.55 Å². The number of nitro benzene ring substituents is 1. The highest BCUT2D eigenvalue weighted by Gasteiger charge is 2.19. The van der Waals surface area contributed by atoms with Gasteiger partial charge >= 0.3 is 0 Å². The number of non-ortho nitro benzene ring substituents is 1. The van der Waals surface area contributed by atoms with Crippen molar-refractivity contribution in [2.75, 3.05) is 0 Å². The first kappa shape index (κ1) is 12.8. The summed E-state index contributed by atoms with van der Waals surface area (Å²) in [4.78, 5) is 14.9. The quantitative estimate of drug-likeness (QED) is 0.627. The SMILES string of the molecule is O=[N+]([O-])c1cccc(-c2nccn2C2CCCCC2)c1. The van der Waals surface area contributed by atoms with Gasteiger partial charge in [0.25, 0.3) is 5.69 Å². The van der Waals surface area contributed by atoms with Gasteiger partial charge in [-0.05, 0) is 12.8 Å². The van der Waals surface area contributed by atoms with Gasteiger partial charge in [0.15, 0.2) is 0 Å². The minimum absolute atomic E-state index is 0.112. The van der Waals surface area contributed by atoms with E-state index in [1.54, 1.807) is 18.3 Å². The molecule has 0 atom stereocenters. The lowest BCUT2D eigenvalue weighted by atomic mass is 9.95. The minimum atomic E-state index is -0.364. The summed E-state index contributed by atoms with van der Waals surface area (Å²) >= 11 is 0. The van der Waals surface area contributed by atoms with Crippen molar-refractivity contribution in [3.63, 3.8) is 0 Å².